The van der Waals surface area contributed by atoms with E-state index in [0.717, 1.165) is 19.5 Å². The predicted octanol–water partition coefficient (Wildman–Crippen LogP) is 3.44. The molecule has 7 heteroatoms. The van der Waals surface area contributed by atoms with Gasteiger partial charge in [0.1, 0.15) is 0 Å². The highest BCUT2D eigenvalue weighted by Crippen LogP contribution is 2.28. The second-order valence-corrected chi connectivity index (χ2v) is 8.86. The summed E-state index contributed by atoms with van der Waals surface area (Å²) in [6, 6.07) is 16.7. The third-order valence-corrected chi connectivity index (χ3v) is 6.70. The van der Waals surface area contributed by atoms with Gasteiger partial charge in [0.15, 0.2) is 0 Å². The molecule has 0 aliphatic carbocycles. The number of sulfonamides is 1. The first-order valence-electron chi connectivity index (χ1n) is 8.85. The summed E-state index contributed by atoms with van der Waals surface area (Å²) in [4.78, 5) is 6.70. The Labute approximate surface area is 164 Å². The lowest BCUT2D eigenvalue weighted by atomic mass is 10.2. The van der Waals surface area contributed by atoms with Crippen LogP contribution in [-0.2, 0) is 16.6 Å². The Morgan fingerprint density at radius 1 is 1.11 bits per heavy atom. The van der Waals surface area contributed by atoms with Gasteiger partial charge in [-0.05, 0) is 36.2 Å². The lowest BCUT2D eigenvalue weighted by Gasteiger charge is -2.17. The minimum Gasteiger partial charge on any atom is -0.297 e. The molecule has 1 aliphatic heterocycles. The molecular formula is C20H20ClN3O2S. The van der Waals surface area contributed by atoms with Crippen molar-refractivity contribution in [3.05, 3.63) is 71.4 Å². The highest BCUT2D eigenvalue weighted by Gasteiger charge is 2.28. The van der Waals surface area contributed by atoms with E-state index in [4.69, 9.17) is 11.6 Å². The molecule has 2 aromatic carbocycles. The van der Waals surface area contributed by atoms with Crippen molar-refractivity contribution in [3.63, 3.8) is 0 Å². The van der Waals surface area contributed by atoms with Crippen LogP contribution in [0.4, 0.5) is 0 Å². The number of halogens is 1. The summed E-state index contributed by atoms with van der Waals surface area (Å²) in [6.07, 6.45) is 2.40. The number of nitrogens with zero attached hydrogens (tertiary/aromatic N) is 2. The largest absolute Gasteiger partial charge is 0.297 e. The van der Waals surface area contributed by atoms with Gasteiger partial charge in [-0.2, -0.15) is 0 Å². The summed E-state index contributed by atoms with van der Waals surface area (Å²) in [5.41, 5.74) is 1.73. The number of hydrogen-bond donors (Lipinski definition) is 1. The summed E-state index contributed by atoms with van der Waals surface area (Å²) in [6.45, 7) is 2.38. The summed E-state index contributed by atoms with van der Waals surface area (Å²) >= 11 is 6.16. The van der Waals surface area contributed by atoms with Crippen LogP contribution in [0, 0.1) is 0 Å². The molecule has 1 N–H and O–H groups in total. The fourth-order valence-corrected chi connectivity index (χ4v) is 5.22. The number of fused-ring (bicyclic) bond motifs is 1. The maximum atomic E-state index is 13.0. The first kappa shape index (κ1) is 18.4. The molecule has 0 bridgehead atoms. The van der Waals surface area contributed by atoms with Crippen LogP contribution in [-0.4, -0.2) is 37.4 Å². The quantitative estimate of drug-likeness (QED) is 0.711. The number of hydrogen-bond acceptors (Lipinski definition) is 4. The first-order valence-corrected chi connectivity index (χ1v) is 10.7. The van der Waals surface area contributed by atoms with Crippen LogP contribution in [0.3, 0.4) is 0 Å². The maximum absolute atomic E-state index is 13.0. The van der Waals surface area contributed by atoms with E-state index < -0.39 is 10.0 Å². The highest BCUT2D eigenvalue weighted by atomic mass is 35.5. The zero-order chi connectivity index (χ0) is 18.9. The van der Waals surface area contributed by atoms with Gasteiger partial charge in [-0.3, -0.25) is 9.88 Å². The van der Waals surface area contributed by atoms with Crippen LogP contribution in [0.25, 0.3) is 10.9 Å². The van der Waals surface area contributed by atoms with Crippen molar-refractivity contribution < 1.29 is 8.42 Å². The van der Waals surface area contributed by atoms with Crippen LogP contribution >= 0.6 is 11.6 Å². The summed E-state index contributed by atoms with van der Waals surface area (Å²) in [5.74, 6) is 0. The van der Waals surface area contributed by atoms with Crippen molar-refractivity contribution in [2.75, 3.05) is 13.1 Å². The molecule has 1 fully saturated rings. The van der Waals surface area contributed by atoms with Gasteiger partial charge in [0.25, 0.3) is 0 Å². The molecule has 140 valence electrons. The average Bonchev–Trinajstić information content (AvgIpc) is 3.09. The van der Waals surface area contributed by atoms with Gasteiger partial charge >= 0.3 is 0 Å². The van der Waals surface area contributed by atoms with Gasteiger partial charge in [0.2, 0.25) is 10.0 Å². The summed E-state index contributed by atoms with van der Waals surface area (Å²) < 4.78 is 28.8. The molecule has 0 spiro atoms. The molecule has 2 heterocycles. The molecule has 4 rings (SSSR count). The molecule has 27 heavy (non-hydrogen) atoms. The number of rotatable bonds is 5. The van der Waals surface area contributed by atoms with Crippen molar-refractivity contribution in [1.29, 1.82) is 0 Å². The molecular weight excluding hydrogens is 382 g/mol. The minimum atomic E-state index is -3.66. The van der Waals surface area contributed by atoms with Gasteiger partial charge in [0, 0.05) is 37.3 Å². The fourth-order valence-electron chi connectivity index (χ4n) is 3.54. The molecule has 0 amide bonds. The maximum Gasteiger partial charge on any atom is 0.241 e. The van der Waals surface area contributed by atoms with Crippen molar-refractivity contribution in [2.24, 2.45) is 0 Å². The Hall–Kier alpha value is -1.99. The Kier molecular flexibility index (Phi) is 5.14. The van der Waals surface area contributed by atoms with E-state index in [1.54, 1.807) is 30.5 Å². The summed E-state index contributed by atoms with van der Waals surface area (Å²) in [7, 11) is -3.66. The first-order chi connectivity index (χ1) is 13.0. The number of benzene rings is 2. The van der Waals surface area contributed by atoms with E-state index in [1.807, 2.05) is 18.2 Å². The second-order valence-electron chi connectivity index (χ2n) is 6.77. The van der Waals surface area contributed by atoms with Crippen molar-refractivity contribution in [3.8, 4) is 0 Å². The number of pyridine rings is 1. The van der Waals surface area contributed by atoms with Crippen LogP contribution in [0.5, 0.6) is 0 Å². The molecule has 1 aromatic heterocycles. The third kappa shape index (κ3) is 3.99. The normalized spacial score (nSPS) is 18.2. The van der Waals surface area contributed by atoms with E-state index in [2.05, 4.69) is 26.7 Å². The van der Waals surface area contributed by atoms with E-state index in [9.17, 15) is 8.42 Å². The Morgan fingerprint density at radius 2 is 1.93 bits per heavy atom. The molecule has 3 aromatic rings. The van der Waals surface area contributed by atoms with Crippen molar-refractivity contribution in [2.45, 2.75) is 23.9 Å². The molecule has 5 nitrogen and oxygen atoms in total. The lowest BCUT2D eigenvalue weighted by Crippen LogP contribution is -2.37. The number of nitrogens with one attached hydrogen (secondary N) is 1. The number of aromatic nitrogens is 1. The van der Waals surface area contributed by atoms with Crippen LogP contribution in [0.15, 0.2) is 65.7 Å². The van der Waals surface area contributed by atoms with Crippen LogP contribution in [0.2, 0.25) is 5.02 Å². The second kappa shape index (κ2) is 7.56. The smallest absolute Gasteiger partial charge is 0.241 e. The fraction of sp³-hybridized carbons (Fsp3) is 0.250. The van der Waals surface area contributed by atoms with E-state index in [1.165, 1.54) is 5.56 Å². The zero-order valence-corrected chi connectivity index (χ0v) is 16.2. The number of likely N-dealkylation sites (tertiary alicyclic amines) is 1. The molecule has 1 aliphatic rings. The van der Waals surface area contributed by atoms with Gasteiger partial charge in [-0.1, -0.05) is 41.9 Å². The van der Waals surface area contributed by atoms with Crippen molar-refractivity contribution in [1.82, 2.24) is 14.6 Å². The van der Waals surface area contributed by atoms with E-state index >= 15 is 0 Å². The zero-order valence-electron chi connectivity index (χ0n) is 14.7. The molecule has 1 atom stereocenters. The Bertz CT molecular complexity index is 1060. The monoisotopic (exact) mass is 401 g/mol. The lowest BCUT2D eigenvalue weighted by molar-refractivity contribution is 0.324. The molecule has 1 saturated heterocycles. The van der Waals surface area contributed by atoms with Crippen molar-refractivity contribution >= 4 is 32.5 Å². The van der Waals surface area contributed by atoms with Gasteiger partial charge in [-0.15, -0.1) is 0 Å². The standard InChI is InChI=1S/C20H20ClN3O2S/c21-18-8-9-19(17-7-4-11-22-20(17)18)27(25,26)23-16-10-12-24(14-16)13-15-5-2-1-3-6-15/h1-9,11,16,23H,10,12-14H2. The summed E-state index contributed by atoms with van der Waals surface area (Å²) in [5, 5.41) is 0.982. The Balaban J connectivity index is 1.51. The predicted molar refractivity (Wildman–Crippen MR) is 107 cm³/mol. The van der Waals surface area contributed by atoms with Crippen LogP contribution in [0.1, 0.15) is 12.0 Å². The van der Waals surface area contributed by atoms with Gasteiger partial charge < -0.3 is 0 Å². The molecule has 0 saturated carbocycles. The minimum absolute atomic E-state index is 0.110. The Morgan fingerprint density at radius 3 is 2.74 bits per heavy atom. The highest BCUT2D eigenvalue weighted by molar-refractivity contribution is 7.89. The van der Waals surface area contributed by atoms with Gasteiger partial charge in [0.05, 0.1) is 15.4 Å². The van der Waals surface area contributed by atoms with Crippen LogP contribution < -0.4 is 4.72 Å². The molecule has 1 unspecified atom stereocenters. The van der Waals surface area contributed by atoms with E-state index in [0.29, 0.717) is 22.5 Å². The molecule has 0 radical (unpaired) electrons. The third-order valence-electron chi connectivity index (χ3n) is 4.81. The average molecular weight is 402 g/mol. The SMILES string of the molecule is O=S(=O)(NC1CCN(Cc2ccccc2)C1)c1ccc(Cl)c2ncccc12. The topological polar surface area (TPSA) is 62.3 Å². The van der Waals surface area contributed by atoms with E-state index in [-0.39, 0.29) is 10.9 Å². The van der Waals surface area contributed by atoms with Gasteiger partial charge in [-0.25, -0.2) is 13.1 Å².